The van der Waals surface area contributed by atoms with Gasteiger partial charge in [0.15, 0.2) is 4.34 Å². The van der Waals surface area contributed by atoms with Crippen molar-refractivity contribution in [2.75, 3.05) is 11.1 Å². The Bertz CT molecular complexity index is 631. The van der Waals surface area contributed by atoms with Gasteiger partial charge in [0.25, 0.3) is 0 Å². The van der Waals surface area contributed by atoms with Crippen molar-refractivity contribution in [3.8, 4) is 6.07 Å². The SMILES string of the molecule is Cc1csc(SCC(=O)Nc2cccc(C#N)c2)n1. The number of aromatic nitrogens is 1. The Balaban J connectivity index is 1.89. The molecule has 1 N–H and O–H groups in total. The number of thiazole rings is 1. The maximum Gasteiger partial charge on any atom is 0.234 e. The number of amides is 1. The van der Waals surface area contributed by atoms with Crippen LogP contribution in [0.5, 0.6) is 0 Å². The van der Waals surface area contributed by atoms with E-state index in [9.17, 15) is 4.79 Å². The Labute approximate surface area is 119 Å². The summed E-state index contributed by atoms with van der Waals surface area (Å²) in [7, 11) is 0. The highest BCUT2D eigenvalue weighted by Crippen LogP contribution is 2.22. The molecule has 0 radical (unpaired) electrons. The number of thioether (sulfide) groups is 1. The van der Waals surface area contributed by atoms with E-state index in [1.54, 1.807) is 24.3 Å². The quantitative estimate of drug-likeness (QED) is 0.879. The minimum absolute atomic E-state index is 0.104. The fourth-order valence-electron chi connectivity index (χ4n) is 1.39. The molecule has 1 aromatic heterocycles. The number of benzene rings is 1. The molecular weight excluding hydrogens is 278 g/mol. The predicted molar refractivity (Wildman–Crippen MR) is 77.4 cm³/mol. The third kappa shape index (κ3) is 4.09. The molecule has 4 nitrogen and oxygen atoms in total. The van der Waals surface area contributed by atoms with Gasteiger partial charge in [0, 0.05) is 16.8 Å². The second-order valence-corrected chi connectivity index (χ2v) is 5.86. The molecule has 0 atom stereocenters. The Kier molecular flexibility index (Phi) is 4.55. The summed E-state index contributed by atoms with van der Waals surface area (Å²) >= 11 is 2.94. The van der Waals surface area contributed by atoms with E-state index in [1.165, 1.54) is 23.1 Å². The molecular formula is C13H11N3OS2. The molecule has 0 aliphatic rings. The van der Waals surface area contributed by atoms with E-state index in [2.05, 4.69) is 10.3 Å². The summed E-state index contributed by atoms with van der Waals surface area (Å²) < 4.78 is 0.887. The van der Waals surface area contributed by atoms with E-state index in [1.807, 2.05) is 18.4 Å². The summed E-state index contributed by atoms with van der Waals surface area (Å²) in [4.78, 5) is 16.0. The summed E-state index contributed by atoms with van der Waals surface area (Å²) in [5, 5.41) is 13.5. The normalized spacial score (nSPS) is 9.89. The molecule has 0 aliphatic carbocycles. The minimum atomic E-state index is -0.104. The first-order valence-corrected chi connectivity index (χ1v) is 7.39. The lowest BCUT2D eigenvalue weighted by atomic mass is 10.2. The molecule has 0 spiro atoms. The molecule has 6 heteroatoms. The van der Waals surface area contributed by atoms with Crippen molar-refractivity contribution in [3.05, 3.63) is 40.9 Å². The second-order valence-electron chi connectivity index (χ2n) is 3.78. The van der Waals surface area contributed by atoms with Gasteiger partial charge in [-0.3, -0.25) is 4.79 Å². The molecule has 0 saturated carbocycles. The van der Waals surface area contributed by atoms with E-state index >= 15 is 0 Å². The summed E-state index contributed by atoms with van der Waals surface area (Å²) in [6.45, 7) is 1.92. The van der Waals surface area contributed by atoms with Gasteiger partial charge in [0.05, 0.1) is 17.4 Å². The van der Waals surface area contributed by atoms with Gasteiger partial charge in [0.1, 0.15) is 0 Å². The van der Waals surface area contributed by atoms with Gasteiger partial charge in [-0.15, -0.1) is 11.3 Å². The summed E-state index contributed by atoms with van der Waals surface area (Å²) in [5.74, 6) is 0.206. The molecule has 0 aliphatic heterocycles. The number of hydrogen-bond donors (Lipinski definition) is 1. The first-order valence-electron chi connectivity index (χ1n) is 5.52. The summed E-state index contributed by atoms with van der Waals surface area (Å²) in [6.07, 6.45) is 0. The summed E-state index contributed by atoms with van der Waals surface area (Å²) in [6, 6.07) is 8.88. The van der Waals surface area contributed by atoms with Crippen LogP contribution < -0.4 is 5.32 Å². The number of nitrogens with one attached hydrogen (secondary N) is 1. The number of rotatable bonds is 4. The van der Waals surface area contributed by atoms with Crippen LogP contribution in [0.1, 0.15) is 11.3 Å². The van der Waals surface area contributed by atoms with Gasteiger partial charge < -0.3 is 5.32 Å². The van der Waals surface area contributed by atoms with E-state index < -0.39 is 0 Å². The Morgan fingerprint density at radius 3 is 3.11 bits per heavy atom. The zero-order valence-corrected chi connectivity index (χ0v) is 11.8. The molecule has 19 heavy (non-hydrogen) atoms. The third-order valence-electron chi connectivity index (χ3n) is 2.20. The number of anilines is 1. The van der Waals surface area contributed by atoms with Gasteiger partial charge >= 0.3 is 0 Å². The average Bonchev–Trinajstić information content (AvgIpc) is 2.82. The van der Waals surface area contributed by atoms with Gasteiger partial charge in [-0.05, 0) is 25.1 Å². The highest BCUT2D eigenvalue weighted by molar-refractivity contribution is 8.01. The topological polar surface area (TPSA) is 65.8 Å². The van der Waals surface area contributed by atoms with Crippen molar-refractivity contribution in [3.63, 3.8) is 0 Å². The monoisotopic (exact) mass is 289 g/mol. The van der Waals surface area contributed by atoms with Crippen LogP contribution in [0.4, 0.5) is 5.69 Å². The standard InChI is InChI=1S/C13H11N3OS2/c1-9-7-18-13(15-9)19-8-12(17)16-11-4-2-3-10(5-11)6-14/h2-5,7H,8H2,1H3,(H,16,17). The Hall–Kier alpha value is -1.84. The van der Waals surface area contributed by atoms with Crippen molar-refractivity contribution in [1.82, 2.24) is 4.98 Å². The maximum absolute atomic E-state index is 11.8. The van der Waals surface area contributed by atoms with Crippen molar-refractivity contribution < 1.29 is 4.79 Å². The van der Waals surface area contributed by atoms with E-state index in [4.69, 9.17) is 5.26 Å². The summed E-state index contributed by atoms with van der Waals surface area (Å²) in [5.41, 5.74) is 2.13. The highest BCUT2D eigenvalue weighted by Gasteiger charge is 2.06. The van der Waals surface area contributed by atoms with E-state index in [-0.39, 0.29) is 5.91 Å². The lowest BCUT2D eigenvalue weighted by Crippen LogP contribution is -2.13. The number of nitrogens with zero attached hydrogens (tertiary/aromatic N) is 2. The van der Waals surface area contributed by atoms with Crippen molar-refractivity contribution in [1.29, 1.82) is 5.26 Å². The third-order valence-corrected chi connectivity index (χ3v) is 4.34. The van der Waals surface area contributed by atoms with Crippen LogP contribution in [-0.4, -0.2) is 16.6 Å². The van der Waals surface area contributed by atoms with Crippen molar-refractivity contribution >= 4 is 34.7 Å². The Morgan fingerprint density at radius 2 is 2.42 bits per heavy atom. The molecule has 1 heterocycles. The molecule has 0 bridgehead atoms. The van der Waals surface area contributed by atoms with Gasteiger partial charge in [-0.1, -0.05) is 17.8 Å². The first-order chi connectivity index (χ1) is 9.17. The smallest absolute Gasteiger partial charge is 0.234 e. The van der Waals surface area contributed by atoms with Crippen LogP contribution in [0.3, 0.4) is 0 Å². The largest absolute Gasteiger partial charge is 0.325 e. The van der Waals surface area contributed by atoms with Gasteiger partial charge in [0.2, 0.25) is 5.91 Å². The molecule has 1 aromatic carbocycles. The molecule has 2 aromatic rings. The second kappa shape index (κ2) is 6.36. The molecule has 96 valence electrons. The molecule has 0 unspecified atom stereocenters. The number of nitriles is 1. The zero-order valence-electron chi connectivity index (χ0n) is 10.2. The van der Waals surface area contributed by atoms with Crippen LogP contribution in [0.2, 0.25) is 0 Å². The van der Waals surface area contributed by atoms with Crippen molar-refractivity contribution in [2.24, 2.45) is 0 Å². The molecule has 0 saturated heterocycles. The van der Waals surface area contributed by atoms with Gasteiger partial charge in [-0.25, -0.2) is 4.98 Å². The minimum Gasteiger partial charge on any atom is -0.325 e. The van der Waals surface area contributed by atoms with Crippen molar-refractivity contribution in [2.45, 2.75) is 11.3 Å². The van der Waals surface area contributed by atoms with Crippen LogP contribution >= 0.6 is 23.1 Å². The van der Waals surface area contributed by atoms with E-state index in [0.29, 0.717) is 17.0 Å². The van der Waals surface area contributed by atoms with Crippen LogP contribution in [0.25, 0.3) is 0 Å². The van der Waals surface area contributed by atoms with E-state index in [0.717, 1.165) is 10.0 Å². The van der Waals surface area contributed by atoms with Gasteiger partial charge in [-0.2, -0.15) is 5.26 Å². The Morgan fingerprint density at radius 1 is 1.58 bits per heavy atom. The van der Waals surface area contributed by atoms with Crippen LogP contribution in [0, 0.1) is 18.3 Å². The predicted octanol–water partition coefficient (Wildman–Crippen LogP) is 3.05. The highest BCUT2D eigenvalue weighted by atomic mass is 32.2. The molecule has 0 fully saturated rings. The zero-order chi connectivity index (χ0) is 13.7. The number of hydrogen-bond acceptors (Lipinski definition) is 5. The lowest BCUT2D eigenvalue weighted by Gasteiger charge is -2.04. The lowest BCUT2D eigenvalue weighted by molar-refractivity contribution is -0.113. The number of aryl methyl sites for hydroxylation is 1. The maximum atomic E-state index is 11.8. The fourth-order valence-corrected chi connectivity index (χ4v) is 3.04. The number of carbonyl (C=O) groups excluding carboxylic acids is 1. The molecule has 1 amide bonds. The first kappa shape index (κ1) is 13.6. The van der Waals surface area contributed by atoms with Crippen LogP contribution in [-0.2, 0) is 4.79 Å². The average molecular weight is 289 g/mol. The number of carbonyl (C=O) groups is 1. The fraction of sp³-hybridized carbons (Fsp3) is 0.154. The molecule has 2 rings (SSSR count). The van der Waals surface area contributed by atoms with Crippen LogP contribution in [0.15, 0.2) is 34.0 Å².